The first kappa shape index (κ1) is 25.3. The number of rotatable bonds is 9. The van der Waals surface area contributed by atoms with E-state index in [1.54, 1.807) is 40.0 Å². The number of halogens is 2. The number of hydrogen-bond acceptors (Lipinski definition) is 5. The first-order valence-corrected chi connectivity index (χ1v) is 11.0. The first-order valence-electron chi connectivity index (χ1n) is 10.2. The summed E-state index contributed by atoms with van der Waals surface area (Å²) in [7, 11) is 1.56. The molecule has 0 saturated heterocycles. The van der Waals surface area contributed by atoms with Gasteiger partial charge in [0.15, 0.2) is 0 Å². The number of pyridine rings is 1. The van der Waals surface area contributed by atoms with Crippen LogP contribution in [-0.2, 0) is 22.6 Å². The number of amides is 1. The third-order valence-electron chi connectivity index (χ3n) is 4.43. The maximum Gasteiger partial charge on any atom is 0.407 e. The summed E-state index contributed by atoms with van der Waals surface area (Å²) in [6.07, 6.45) is 1.19. The largest absolute Gasteiger partial charge is 0.491 e. The van der Waals surface area contributed by atoms with Gasteiger partial charge in [0, 0.05) is 19.0 Å². The van der Waals surface area contributed by atoms with E-state index in [1.807, 2.05) is 0 Å². The van der Waals surface area contributed by atoms with Crippen molar-refractivity contribution in [1.29, 1.82) is 0 Å². The van der Waals surface area contributed by atoms with Crippen molar-refractivity contribution >= 4 is 40.1 Å². The van der Waals surface area contributed by atoms with Gasteiger partial charge in [0.05, 0.1) is 40.9 Å². The van der Waals surface area contributed by atoms with Crippen LogP contribution in [0.25, 0.3) is 10.8 Å². The molecule has 0 aliphatic rings. The van der Waals surface area contributed by atoms with Crippen molar-refractivity contribution in [1.82, 2.24) is 9.88 Å². The maximum atomic E-state index is 13.3. The molecule has 0 unspecified atom stereocenters. The van der Waals surface area contributed by atoms with Crippen LogP contribution < -0.4 is 15.6 Å². The Kier molecular flexibility index (Phi) is 9.03. The quantitative estimate of drug-likeness (QED) is 0.509. The number of unbranched alkanes of at least 4 members (excludes halogenated alkanes) is 1. The molecule has 9 heteroatoms. The number of ether oxygens (including phenoxy) is 3. The summed E-state index contributed by atoms with van der Waals surface area (Å²) in [5, 5.41) is 4.25. The predicted molar refractivity (Wildman–Crippen MR) is 124 cm³/mol. The van der Waals surface area contributed by atoms with Gasteiger partial charge in [-0.25, -0.2) is 4.79 Å². The number of benzene rings is 1. The molecule has 0 atom stereocenters. The highest BCUT2D eigenvalue weighted by molar-refractivity contribution is 6.42. The second kappa shape index (κ2) is 11.1. The molecule has 172 valence electrons. The van der Waals surface area contributed by atoms with Crippen LogP contribution in [0.1, 0.15) is 46.2 Å². The summed E-state index contributed by atoms with van der Waals surface area (Å²) in [6.45, 7) is 8.47. The number of fused-ring (bicyclic) bond motifs is 1. The van der Waals surface area contributed by atoms with E-state index in [0.29, 0.717) is 40.5 Å². The van der Waals surface area contributed by atoms with Gasteiger partial charge in [-0.2, -0.15) is 0 Å². The van der Waals surface area contributed by atoms with E-state index in [2.05, 4.69) is 12.2 Å². The van der Waals surface area contributed by atoms with Gasteiger partial charge in [0.1, 0.15) is 11.4 Å². The van der Waals surface area contributed by atoms with Crippen LogP contribution in [0.5, 0.6) is 5.75 Å². The van der Waals surface area contributed by atoms with Crippen molar-refractivity contribution in [3.8, 4) is 5.75 Å². The molecule has 0 bridgehead atoms. The molecule has 2 aromatic rings. The zero-order valence-electron chi connectivity index (χ0n) is 18.6. The Labute approximate surface area is 192 Å². The lowest BCUT2D eigenvalue weighted by molar-refractivity contribution is 0.0521. The van der Waals surface area contributed by atoms with E-state index in [9.17, 15) is 9.59 Å². The molecule has 31 heavy (non-hydrogen) atoms. The summed E-state index contributed by atoms with van der Waals surface area (Å²) >= 11 is 12.4. The van der Waals surface area contributed by atoms with Gasteiger partial charge >= 0.3 is 6.09 Å². The smallest absolute Gasteiger partial charge is 0.407 e. The molecule has 0 fully saturated rings. The van der Waals surface area contributed by atoms with Crippen molar-refractivity contribution in [3.63, 3.8) is 0 Å². The van der Waals surface area contributed by atoms with Crippen LogP contribution in [0.4, 0.5) is 4.79 Å². The second-order valence-corrected chi connectivity index (χ2v) is 8.91. The van der Waals surface area contributed by atoms with E-state index in [0.717, 1.165) is 12.8 Å². The van der Waals surface area contributed by atoms with Crippen molar-refractivity contribution in [2.45, 2.75) is 59.2 Å². The van der Waals surface area contributed by atoms with Gasteiger partial charge in [-0.15, -0.1) is 0 Å². The van der Waals surface area contributed by atoms with Crippen molar-refractivity contribution in [3.05, 3.63) is 38.2 Å². The fourth-order valence-corrected chi connectivity index (χ4v) is 3.33. The molecule has 2 rings (SSSR count). The Morgan fingerprint density at radius 3 is 2.35 bits per heavy atom. The zero-order chi connectivity index (χ0) is 23.2. The van der Waals surface area contributed by atoms with E-state index >= 15 is 0 Å². The van der Waals surface area contributed by atoms with Gasteiger partial charge in [0.25, 0.3) is 5.56 Å². The molecular weight excluding hydrogens is 443 g/mol. The fourth-order valence-electron chi connectivity index (χ4n) is 3.00. The summed E-state index contributed by atoms with van der Waals surface area (Å²) in [5.41, 5.74) is -0.405. The van der Waals surface area contributed by atoms with Crippen LogP contribution in [-0.4, -0.2) is 36.6 Å². The molecule has 0 saturated carbocycles. The number of carbonyl (C=O) groups is 1. The zero-order valence-corrected chi connectivity index (χ0v) is 20.2. The monoisotopic (exact) mass is 472 g/mol. The minimum atomic E-state index is -0.645. The highest BCUT2D eigenvalue weighted by Crippen LogP contribution is 2.34. The topological polar surface area (TPSA) is 78.8 Å². The first-order chi connectivity index (χ1) is 14.6. The lowest BCUT2D eigenvalue weighted by Gasteiger charge is -2.22. The number of carbonyl (C=O) groups excluding carboxylic acids is 1. The van der Waals surface area contributed by atoms with E-state index in [1.165, 1.54) is 4.57 Å². The fraction of sp³-hybridized carbons (Fsp3) is 0.545. The van der Waals surface area contributed by atoms with Gasteiger partial charge in [-0.05, 0) is 39.3 Å². The highest BCUT2D eigenvalue weighted by Gasteiger charge is 2.22. The van der Waals surface area contributed by atoms with Gasteiger partial charge < -0.3 is 24.1 Å². The van der Waals surface area contributed by atoms with Crippen LogP contribution in [0, 0.1) is 0 Å². The third kappa shape index (κ3) is 6.76. The van der Waals surface area contributed by atoms with E-state index in [4.69, 9.17) is 37.4 Å². The molecule has 7 nitrogen and oxygen atoms in total. The van der Waals surface area contributed by atoms with Crippen molar-refractivity contribution in [2.24, 2.45) is 0 Å². The van der Waals surface area contributed by atoms with E-state index in [-0.39, 0.29) is 23.7 Å². The molecule has 1 amide bonds. The number of nitrogens with one attached hydrogen (secondary N) is 1. The Bertz CT molecular complexity index is 983. The molecule has 0 aliphatic carbocycles. The minimum absolute atomic E-state index is 0.0332. The summed E-state index contributed by atoms with van der Waals surface area (Å²) in [6, 6.07) is 3.17. The SMILES string of the molecule is CCCCOc1c(CNC(=O)OC(C)(C)C)n(CCOC)c(=O)c2cc(Cl)c(Cl)cc12. The highest BCUT2D eigenvalue weighted by atomic mass is 35.5. The molecule has 0 aliphatic heterocycles. The Balaban J connectivity index is 2.62. The van der Waals surface area contributed by atoms with Crippen molar-refractivity contribution < 1.29 is 19.0 Å². The molecule has 1 heterocycles. The Morgan fingerprint density at radius 2 is 1.77 bits per heavy atom. The Hall–Kier alpha value is -1.96. The maximum absolute atomic E-state index is 13.3. The number of alkyl carbamates (subject to hydrolysis) is 1. The number of methoxy groups -OCH3 is 1. The molecule has 0 radical (unpaired) electrons. The van der Waals surface area contributed by atoms with Gasteiger partial charge in [-0.1, -0.05) is 36.5 Å². The van der Waals surface area contributed by atoms with E-state index < -0.39 is 11.7 Å². The predicted octanol–water partition coefficient (Wildman–Crippen LogP) is 5.16. The van der Waals surface area contributed by atoms with Gasteiger partial charge in [0.2, 0.25) is 0 Å². The normalized spacial score (nSPS) is 11.6. The average Bonchev–Trinajstić information content (AvgIpc) is 2.68. The minimum Gasteiger partial charge on any atom is -0.491 e. The second-order valence-electron chi connectivity index (χ2n) is 8.09. The standard InChI is InChI=1S/C22H30Cl2N2O5/c1-6-7-9-30-19-14-11-16(23)17(24)12-15(14)20(27)26(8-10-29-5)18(19)13-25-21(28)31-22(2,3)4/h11-12H,6-10,13H2,1-5H3,(H,25,28). The number of aromatic nitrogens is 1. The molecule has 0 spiro atoms. The summed E-state index contributed by atoms with van der Waals surface area (Å²) in [5.74, 6) is 0.480. The van der Waals surface area contributed by atoms with Crippen LogP contribution in [0.15, 0.2) is 16.9 Å². The average molecular weight is 473 g/mol. The Morgan fingerprint density at radius 1 is 1.13 bits per heavy atom. The molecule has 1 aromatic carbocycles. The summed E-state index contributed by atoms with van der Waals surface area (Å²) in [4.78, 5) is 25.5. The number of nitrogens with zero attached hydrogens (tertiary/aromatic N) is 1. The third-order valence-corrected chi connectivity index (χ3v) is 5.15. The lowest BCUT2D eigenvalue weighted by Crippen LogP contribution is -2.35. The molecule has 1 N–H and O–H groups in total. The number of hydrogen-bond donors (Lipinski definition) is 1. The van der Waals surface area contributed by atoms with Crippen LogP contribution in [0.2, 0.25) is 10.0 Å². The molecular formula is C22H30Cl2N2O5. The lowest BCUT2D eigenvalue weighted by atomic mass is 10.1. The van der Waals surface area contributed by atoms with Crippen molar-refractivity contribution in [2.75, 3.05) is 20.3 Å². The van der Waals surface area contributed by atoms with Crippen LogP contribution in [0.3, 0.4) is 0 Å². The molecule has 1 aromatic heterocycles. The summed E-state index contributed by atoms with van der Waals surface area (Å²) < 4.78 is 18.1. The van der Waals surface area contributed by atoms with Crippen LogP contribution >= 0.6 is 23.2 Å². The van der Waals surface area contributed by atoms with Gasteiger partial charge in [-0.3, -0.25) is 4.79 Å².